The second-order valence-electron chi connectivity index (χ2n) is 20.8. The van der Waals surface area contributed by atoms with E-state index in [1.807, 2.05) is 20.8 Å². The molecule has 0 aliphatic heterocycles. The van der Waals surface area contributed by atoms with Crippen LogP contribution in [0, 0.1) is 41.5 Å². The Balaban J connectivity index is 1.28. The summed E-state index contributed by atoms with van der Waals surface area (Å²) in [5.74, 6) is 0. The highest BCUT2D eigenvalue weighted by Gasteiger charge is 2.30. The van der Waals surface area contributed by atoms with Gasteiger partial charge in [-0.1, -0.05) is 124 Å². The molecule has 0 unspecified atom stereocenters. The number of sulfonamides is 6. The molecule has 3 N–H and O–H groups in total. The van der Waals surface area contributed by atoms with Gasteiger partial charge in [-0.15, -0.1) is 0 Å². The largest absolute Gasteiger partial charge is 0.243 e. The fourth-order valence-electron chi connectivity index (χ4n) is 8.94. The van der Waals surface area contributed by atoms with Gasteiger partial charge in [0.05, 0.1) is 29.4 Å². The van der Waals surface area contributed by atoms with E-state index in [-0.39, 0.29) is 108 Å². The normalized spacial score (nSPS) is 12.8. The molecule has 7 aromatic carbocycles. The zero-order valence-corrected chi connectivity index (χ0v) is 52.7. The number of rotatable bonds is 30. The third-order valence-corrected chi connectivity index (χ3v) is 23.8. The zero-order valence-electron chi connectivity index (χ0n) is 47.8. The lowest BCUT2D eigenvalue weighted by Crippen LogP contribution is -2.35. The molecule has 18 nitrogen and oxygen atoms in total. The topological polar surface area (TPSA) is 251 Å². The van der Waals surface area contributed by atoms with Crippen LogP contribution in [0.1, 0.15) is 69.3 Å². The average Bonchev–Trinajstić information content (AvgIpc) is 2.65. The van der Waals surface area contributed by atoms with Crippen molar-refractivity contribution in [1.82, 2.24) is 27.1 Å². The van der Waals surface area contributed by atoms with E-state index >= 15 is 0 Å². The standard InChI is InChI=1S/C60H72N6O12S6/c1-46-10-22-55(23-11-46)79(67,68)61-34-7-37-64(82(73,74)58-28-16-49(4)17-29-58)43-52-40-53(44-65(83(75,76)59-30-18-50(5)19-31-59)38-8-35-62-80(69,70)56-24-12-47(2)13-25-56)42-54(41-52)45-66(84(77,78)60-32-20-51(6)21-33-60)39-9-36-63-81(71,72)57-26-14-48(3)15-27-57/h10-33,40-42,61-63H,7-9,34-39,43-45H2,1-6H3. The predicted molar refractivity (Wildman–Crippen MR) is 326 cm³/mol. The lowest BCUT2D eigenvalue weighted by Gasteiger charge is -2.26. The van der Waals surface area contributed by atoms with E-state index in [1.54, 1.807) is 112 Å². The Morgan fingerprint density at radius 1 is 0.274 bits per heavy atom. The predicted octanol–water partition coefficient (Wildman–Crippen LogP) is 8.22. The van der Waals surface area contributed by atoms with E-state index in [4.69, 9.17) is 0 Å². The number of nitrogens with one attached hydrogen (secondary N) is 3. The minimum Gasteiger partial charge on any atom is -0.211 e. The highest BCUT2D eigenvalue weighted by atomic mass is 32.2. The Hall–Kier alpha value is -6.00. The monoisotopic (exact) mass is 1260 g/mol. The van der Waals surface area contributed by atoms with Gasteiger partial charge in [-0.05, 0) is 150 Å². The maximum absolute atomic E-state index is 14.8. The minimum atomic E-state index is -4.35. The Kier molecular flexibility index (Phi) is 21.9. The lowest BCUT2D eigenvalue weighted by molar-refractivity contribution is 0.391. The smallest absolute Gasteiger partial charge is 0.211 e. The van der Waals surface area contributed by atoms with Gasteiger partial charge in [-0.25, -0.2) is 64.7 Å². The van der Waals surface area contributed by atoms with Gasteiger partial charge >= 0.3 is 0 Å². The summed E-state index contributed by atoms with van der Waals surface area (Å²) in [6, 6.07) is 42.3. The van der Waals surface area contributed by atoms with Crippen LogP contribution >= 0.6 is 0 Å². The molecule has 0 saturated heterocycles. The summed E-state index contributed by atoms with van der Waals surface area (Å²) >= 11 is 0. The van der Waals surface area contributed by atoms with Crippen LogP contribution < -0.4 is 14.2 Å². The van der Waals surface area contributed by atoms with E-state index in [2.05, 4.69) is 14.2 Å². The van der Waals surface area contributed by atoms with Gasteiger partial charge in [-0.2, -0.15) is 12.9 Å². The molecule has 0 atom stereocenters. The fourth-order valence-corrected chi connectivity index (χ4v) is 16.6. The molecule has 0 amide bonds. The molecule has 0 aromatic heterocycles. The molecule has 0 saturated carbocycles. The molecule has 0 radical (unpaired) electrons. The van der Waals surface area contributed by atoms with E-state index < -0.39 is 60.1 Å². The first kappa shape index (κ1) is 65.5. The van der Waals surface area contributed by atoms with Crippen molar-refractivity contribution in [1.29, 1.82) is 0 Å². The SMILES string of the molecule is Cc1ccc(S(=O)(=O)NCCCN(Cc2cc(CN(CCCNS(=O)(=O)c3ccc(C)cc3)S(=O)(=O)c3ccc(C)cc3)cc(CN(CCCNS(=O)(=O)c3ccc(C)cc3)S(=O)(=O)c3ccc(C)cc3)c2)S(=O)(=O)c2ccc(C)cc2)cc1. The van der Waals surface area contributed by atoms with Crippen molar-refractivity contribution in [3.63, 3.8) is 0 Å². The summed E-state index contributed by atoms with van der Waals surface area (Å²) in [5, 5.41) is 0. The molecule has 0 spiro atoms. The van der Waals surface area contributed by atoms with Crippen molar-refractivity contribution >= 4 is 60.1 Å². The Morgan fingerprint density at radius 3 is 0.643 bits per heavy atom. The summed E-state index contributed by atoms with van der Waals surface area (Å²) in [5.41, 5.74) is 5.92. The van der Waals surface area contributed by atoms with E-state index in [9.17, 15) is 50.5 Å². The van der Waals surface area contributed by atoms with Gasteiger partial charge in [-0.3, -0.25) is 0 Å². The molecule has 84 heavy (non-hydrogen) atoms. The van der Waals surface area contributed by atoms with Gasteiger partial charge in [0.1, 0.15) is 0 Å². The highest BCUT2D eigenvalue weighted by Crippen LogP contribution is 2.27. The summed E-state index contributed by atoms with van der Waals surface area (Å²) in [7, 11) is -25.0. The number of aryl methyl sites for hydroxylation is 6. The van der Waals surface area contributed by atoms with E-state index in [0.29, 0.717) is 16.7 Å². The zero-order chi connectivity index (χ0) is 61.1. The first-order valence-corrected chi connectivity index (χ1v) is 35.8. The number of hydrogen-bond acceptors (Lipinski definition) is 12. The lowest BCUT2D eigenvalue weighted by atomic mass is 10.0. The second kappa shape index (κ2) is 28.0. The van der Waals surface area contributed by atoms with Crippen LogP contribution in [0.25, 0.3) is 0 Å². The van der Waals surface area contributed by atoms with Gasteiger partial charge in [0, 0.05) is 58.9 Å². The third-order valence-electron chi connectivity index (χ3n) is 13.8. The molecule has 0 fully saturated rings. The maximum atomic E-state index is 14.8. The molecule has 0 heterocycles. The molecule has 24 heteroatoms. The van der Waals surface area contributed by atoms with Gasteiger partial charge in [0.25, 0.3) is 0 Å². The Labute approximate surface area is 497 Å². The first-order valence-electron chi connectivity index (χ1n) is 27.1. The number of nitrogens with zero attached hydrogens (tertiary/aromatic N) is 3. The Morgan fingerprint density at radius 2 is 0.452 bits per heavy atom. The van der Waals surface area contributed by atoms with Gasteiger partial charge in [0.15, 0.2) is 0 Å². The molecule has 0 bridgehead atoms. The molecular weight excluding hydrogens is 1190 g/mol. The minimum absolute atomic E-state index is 0.00914. The summed E-state index contributed by atoms with van der Waals surface area (Å²) in [6.45, 7) is 8.78. The van der Waals surface area contributed by atoms with Crippen molar-refractivity contribution in [2.45, 2.75) is 110 Å². The molecular formula is C60H72N6O12S6. The van der Waals surface area contributed by atoms with E-state index in [0.717, 1.165) is 33.4 Å². The van der Waals surface area contributed by atoms with Crippen LogP contribution in [0.2, 0.25) is 0 Å². The van der Waals surface area contributed by atoms with E-state index in [1.165, 1.54) is 85.7 Å². The molecule has 7 aromatic rings. The van der Waals surface area contributed by atoms with Crippen LogP contribution in [0.3, 0.4) is 0 Å². The quantitative estimate of drug-likeness (QED) is 0.0360. The molecule has 7 rings (SSSR count). The van der Waals surface area contributed by atoms with Crippen LogP contribution in [0.5, 0.6) is 0 Å². The summed E-state index contributed by atoms with van der Waals surface area (Å²) in [6.07, 6.45) is 0.0274. The summed E-state index contributed by atoms with van der Waals surface area (Å²) in [4.78, 5) is -0.0500. The first-order chi connectivity index (χ1) is 39.5. The van der Waals surface area contributed by atoms with Crippen molar-refractivity contribution in [2.75, 3.05) is 39.3 Å². The van der Waals surface area contributed by atoms with Crippen LogP contribution in [0.4, 0.5) is 0 Å². The van der Waals surface area contributed by atoms with Crippen molar-refractivity contribution in [3.05, 3.63) is 214 Å². The van der Waals surface area contributed by atoms with Crippen LogP contribution in [-0.2, 0) is 79.8 Å². The second-order valence-corrected chi connectivity index (χ2v) is 31.9. The summed E-state index contributed by atoms with van der Waals surface area (Å²) < 4.78 is 180. The Bertz CT molecular complexity index is 3640. The van der Waals surface area contributed by atoms with Crippen molar-refractivity contribution in [3.8, 4) is 0 Å². The van der Waals surface area contributed by atoms with Crippen LogP contribution in [0.15, 0.2) is 193 Å². The third kappa shape index (κ3) is 17.6. The van der Waals surface area contributed by atoms with Crippen molar-refractivity contribution < 1.29 is 50.5 Å². The number of benzene rings is 7. The molecule has 0 aliphatic rings. The van der Waals surface area contributed by atoms with Gasteiger partial charge in [0.2, 0.25) is 60.1 Å². The average molecular weight is 1260 g/mol. The molecule has 450 valence electrons. The maximum Gasteiger partial charge on any atom is 0.243 e. The van der Waals surface area contributed by atoms with Crippen LogP contribution in [-0.4, -0.2) is 103 Å². The fraction of sp³-hybridized carbons (Fsp3) is 0.300. The molecule has 0 aliphatic carbocycles. The number of hydrogen-bond donors (Lipinski definition) is 3. The van der Waals surface area contributed by atoms with Gasteiger partial charge < -0.3 is 0 Å². The van der Waals surface area contributed by atoms with Crippen molar-refractivity contribution in [2.24, 2.45) is 0 Å². The highest BCUT2D eigenvalue weighted by molar-refractivity contribution is 7.90.